The summed E-state index contributed by atoms with van der Waals surface area (Å²) >= 11 is 0. The van der Waals surface area contributed by atoms with Crippen LogP contribution in [0.3, 0.4) is 0 Å². The summed E-state index contributed by atoms with van der Waals surface area (Å²) in [6.07, 6.45) is 8.73. The lowest BCUT2D eigenvalue weighted by Gasteiger charge is -2.08. The summed E-state index contributed by atoms with van der Waals surface area (Å²) in [5, 5.41) is 9.62. The van der Waals surface area contributed by atoms with E-state index in [0.29, 0.717) is 0 Å². The van der Waals surface area contributed by atoms with Crippen LogP contribution in [0.4, 0.5) is 0 Å². The highest BCUT2D eigenvalue weighted by atomic mass is 15.2. The molecule has 0 N–H and O–H groups in total. The van der Waals surface area contributed by atoms with E-state index >= 15 is 0 Å². The molecule has 0 heterocycles. The van der Waals surface area contributed by atoms with Gasteiger partial charge in [-0.15, -0.1) is 0 Å². The molecule has 6 fully saturated rings. The van der Waals surface area contributed by atoms with Gasteiger partial charge in [-0.3, -0.25) is 0 Å². The first-order valence-corrected chi connectivity index (χ1v) is 8.07. The Labute approximate surface area is 108 Å². The van der Waals surface area contributed by atoms with Crippen molar-refractivity contribution in [3.05, 3.63) is 0 Å². The van der Waals surface area contributed by atoms with Crippen molar-refractivity contribution in [3.8, 4) is 0 Å². The SMILES string of the molecule is C1[C@@H]2[C@H]1[C@@H]1CC[C@H]2C1=NN=C1[C@H]2CC[C@@H]1[C@@H]1C[C@@H]12. The number of hydrogen-bond acceptors (Lipinski definition) is 2. The second-order valence-electron chi connectivity index (χ2n) is 7.76. The molecule has 0 unspecified atom stereocenters. The number of rotatable bonds is 1. The van der Waals surface area contributed by atoms with Crippen LogP contribution in [0.1, 0.15) is 38.5 Å². The molecule has 4 bridgehead atoms. The molecule has 0 radical (unpaired) electrons. The highest BCUT2D eigenvalue weighted by molar-refractivity contribution is 5.98. The zero-order chi connectivity index (χ0) is 11.4. The van der Waals surface area contributed by atoms with Crippen molar-refractivity contribution in [2.45, 2.75) is 38.5 Å². The topological polar surface area (TPSA) is 24.7 Å². The van der Waals surface area contributed by atoms with Gasteiger partial charge in [0.2, 0.25) is 0 Å². The zero-order valence-electron chi connectivity index (χ0n) is 10.8. The summed E-state index contributed by atoms with van der Waals surface area (Å²) in [5.74, 6) is 7.59. The van der Waals surface area contributed by atoms with E-state index in [4.69, 9.17) is 10.2 Å². The Hall–Kier alpha value is -0.660. The molecule has 2 heteroatoms. The molecule has 0 saturated heterocycles. The van der Waals surface area contributed by atoms with E-state index in [9.17, 15) is 0 Å². The van der Waals surface area contributed by atoms with Crippen LogP contribution >= 0.6 is 0 Å². The van der Waals surface area contributed by atoms with Gasteiger partial charge in [0, 0.05) is 35.1 Å². The van der Waals surface area contributed by atoms with E-state index in [0.717, 1.165) is 47.3 Å². The number of nitrogens with zero attached hydrogens (tertiary/aromatic N) is 2. The van der Waals surface area contributed by atoms with Crippen LogP contribution in [0.2, 0.25) is 0 Å². The zero-order valence-corrected chi connectivity index (χ0v) is 10.8. The van der Waals surface area contributed by atoms with Crippen molar-refractivity contribution in [3.63, 3.8) is 0 Å². The van der Waals surface area contributed by atoms with Crippen LogP contribution in [0.15, 0.2) is 10.2 Å². The van der Waals surface area contributed by atoms with Crippen molar-refractivity contribution >= 4 is 11.4 Å². The average Bonchev–Trinajstić information content (AvgIpc) is 3.26. The Balaban J connectivity index is 1.35. The smallest absolute Gasteiger partial charge is 0.0473 e. The van der Waals surface area contributed by atoms with E-state index in [2.05, 4.69) is 0 Å². The van der Waals surface area contributed by atoms with Gasteiger partial charge >= 0.3 is 0 Å². The van der Waals surface area contributed by atoms with Gasteiger partial charge in [-0.25, -0.2) is 0 Å². The van der Waals surface area contributed by atoms with Gasteiger partial charge in [0.25, 0.3) is 0 Å². The molecular weight excluding hydrogens is 220 g/mol. The van der Waals surface area contributed by atoms with Crippen LogP contribution < -0.4 is 0 Å². The Bertz CT molecular complexity index is 423. The molecule has 18 heavy (non-hydrogen) atoms. The van der Waals surface area contributed by atoms with E-state index < -0.39 is 0 Å². The fraction of sp³-hybridized carbons (Fsp3) is 0.875. The molecule has 0 aromatic carbocycles. The minimum atomic E-state index is 0.859. The summed E-state index contributed by atoms with van der Waals surface area (Å²) in [6.45, 7) is 0. The van der Waals surface area contributed by atoms with Crippen molar-refractivity contribution in [1.29, 1.82) is 0 Å². The highest BCUT2D eigenvalue weighted by Gasteiger charge is 2.62. The molecule has 8 atom stereocenters. The molecule has 2 nitrogen and oxygen atoms in total. The quantitative estimate of drug-likeness (QED) is 0.629. The van der Waals surface area contributed by atoms with Gasteiger partial charge in [0.05, 0.1) is 0 Å². The third-order valence-electron chi connectivity index (χ3n) is 7.23. The molecular formula is C16H20N2. The largest absolute Gasteiger partial charge is 0.160 e. The summed E-state index contributed by atoms with van der Waals surface area (Å²) in [6, 6.07) is 0. The molecule has 6 saturated carbocycles. The molecule has 0 aromatic heterocycles. The van der Waals surface area contributed by atoms with Crippen LogP contribution in [0.25, 0.3) is 0 Å². The maximum Gasteiger partial charge on any atom is 0.0473 e. The maximum absolute atomic E-state index is 4.81. The lowest BCUT2D eigenvalue weighted by atomic mass is 10.0. The molecule has 6 rings (SSSR count). The van der Waals surface area contributed by atoms with Gasteiger partial charge < -0.3 is 0 Å². The predicted molar refractivity (Wildman–Crippen MR) is 70.5 cm³/mol. The molecule has 6 aliphatic carbocycles. The molecule has 0 spiro atoms. The molecule has 94 valence electrons. The summed E-state index contributed by atoms with van der Waals surface area (Å²) < 4.78 is 0. The van der Waals surface area contributed by atoms with Gasteiger partial charge in [-0.05, 0) is 62.2 Å². The van der Waals surface area contributed by atoms with Crippen molar-refractivity contribution in [2.24, 2.45) is 57.5 Å². The van der Waals surface area contributed by atoms with E-state index in [1.54, 1.807) is 0 Å². The van der Waals surface area contributed by atoms with Crippen LogP contribution in [-0.2, 0) is 0 Å². The molecule has 0 amide bonds. The normalized spacial score (nSPS) is 65.8. The van der Waals surface area contributed by atoms with Crippen LogP contribution in [0, 0.1) is 47.3 Å². The third kappa shape index (κ3) is 0.927. The van der Waals surface area contributed by atoms with Gasteiger partial charge in [-0.2, -0.15) is 10.2 Å². The lowest BCUT2D eigenvalue weighted by molar-refractivity contribution is 0.456. The van der Waals surface area contributed by atoms with Crippen molar-refractivity contribution in [2.75, 3.05) is 0 Å². The van der Waals surface area contributed by atoms with E-state index in [-0.39, 0.29) is 0 Å². The summed E-state index contributed by atoms with van der Waals surface area (Å²) in [5.41, 5.74) is 3.06. The average molecular weight is 240 g/mol. The number of fused-ring (bicyclic) bond motifs is 10. The van der Waals surface area contributed by atoms with Gasteiger partial charge in [0.1, 0.15) is 0 Å². The lowest BCUT2D eigenvalue weighted by Crippen LogP contribution is -2.12. The Morgan fingerprint density at radius 3 is 1.22 bits per heavy atom. The molecule has 0 aliphatic heterocycles. The van der Waals surface area contributed by atoms with Gasteiger partial charge in [-0.1, -0.05) is 0 Å². The first-order chi connectivity index (χ1) is 8.92. The summed E-state index contributed by atoms with van der Waals surface area (Å²) in [4.78, 5) is 0. The predicted octanol–water partition coefficient (Wildman–Crippen LogP) is 3.14. The van der Waals surface area contributed by atoms with E-state index in [1.165, 1.54) is 49.9 Å². The highest BCUT2D eigenvalue weighted by Crippen LogP contribution is 2.65. The minimum absolute atomic E-state index is 0.859. The van der Waals surface area contributed by atoms with Gasteiger partial charge in [0.15, 0.2) is 0 Å². The minimum Gasteiger partial charge on any atom is -0.160 e. The van der Waals surface area contributed by atoms with Crippen molar-refractivity contribution in [1.82, 2.24) is 0 Å². The first-order valence-electron chi connectivity index (χ1n) is 8.07. The first kappa shape index (κ1) is 9.28. The fourth-order valence-corrected chi connectivity index (χ4v) is 6.33. The Morgan fingerprint density at radius 1 is 0.556 bits per heavy atom. The monoisotopic (exact) mass is 240 g/mol. The van der Waals surface area contributed by atoms with Crippen LogP contribution in [-0.4, -0.2) is 11.4 Å². The standard InChI is InChI=1S/C16H20N2/c1-2-8-12-5-11(12)7(1)15(8)17-18-16-9-3-4-10(16)14-6-13(9)14/h7-14H,1-6H2/t7-,8+,9-,10+,11+,12-,13+,14-. The number of hydrogen-bond donors (Lipinski definition) is 0. The Kier molecular flexibility index (Phi) is 1.42. The van der Waals surface area contributed by atoms with E-state index in [1.807, 2.05) is 0 Å². The molecule has 6 aliphatic rings. The fourth-order valence-electron chi connectivity index (χ4n) is 6.33. The maximum atomic E-state index is 4.81. The van der Waals surface area contributed by atoms with Crippen LogP contribution in [0.5, 0.6) is 0 Å². The molecule has 0 aromatic rings. The second kappa shape index (κ2) is 2.76. The van der Waals surface area contributed by atoms with Crippen molar-refractivity contribution < 1.29 is 0 Å². The summed E-state index contributed by atoms with van der Waals surface area (Å²) in [7, 11) is 0. The third-order valence-corrected chi connectivity index (χ3v) is 7.23. The second-order valence-corrected chi connectivity index (χ2v) is 7.76. The Morgan fingerprint density at radius 2 is 0.889 bits per heavy atom.